The number of ether oxygens (including phenoxy) is 5. The third-order valence-electron chi connectivity index (χ3n) is 4.85. The standard InChI is InChI=1S/C22H24O10/c1-21(2,20(24)29-4)11-31-17-14(7-8-16(28-3)18(17)32-22(25,26)27)12-5-6-15-13(9-12)10-30-19(15)23/h5-9,25-27H,10-11H2,1-4H3. The fourth-order valence-corrected chi connectivity index (χ4v) is 3.20. The molecule has 0 bridgehead atoms. The Morgan fingerprint density at radius 1 is 1.06 bits per heavy atom. The molecular weight excluding hydrogens is 424 g/mol. The van der Waals surface area contributed by atoms with Crippen LogP contribution in [0.1, 0.15) is 29.8 Å². The quantitative estimate of drug-likeness (QED) is 0.402. The maximum Gasteiger partial charge on any atom is 0.453 e. The van der Waals surface area contributed by atoms with E-state index in [2.05, 4.69) is 0 Å². The molecule has 0 spiro atoms. The van der Waals surface area contributed by atoms with Crippen molar-refractivity contribution in [3.63, 3.8) is 0 Å². The summed E-state index contributed by atoms with van der Waals surface area (Å²) in [5.74, 6) is -1.27. The Labute approximate surface area is 183 Å². The lowest BCUT2D eigenvalue weighted by molar-refractivity contribution is -0.420. The topological polar surface area (TPSA) is 141 Å². The van der Waals surface area contributed by atoms with Crippen LogP contribution in [-0.4, -0.2) is 54.2 Å². The van der Waals surface area contributed by atoms with E-state index in [4.69, 9.17) is 23.7 Å². The molecule has 0 aromatic heterocycles. The molecule has 3 N–H and O–H groups in total. The molecule has 0 unspecified atom stereocenters. The lowest BCUT2D eigenvalue weighted by atomic mass is 9.95. The summed E-state index contributed by atoms with van der Waals surface area (Å²) in [6.45, 7) is 3.14. The Morgan fingerprint density at radius 3 is 2.38 bits per heavy atom. The average molecular weight is 448 g/mol. The lowest BCUT2D eigenvalue weighted by Gasteiger charge is -2.26. The highest BCUT2D eigenvalue weighted by molar-refractivity contribution is 5.94. The summed E-state index contributed by atoms with van der Waals surface area (Å²) in [4.78, 5) is 23.9. The molecule has 0 fully saturated rings. The minimum absolute atomic E-state index is 0.0285. The number of rotatable bonds is 8. The van der Waals surface area contributed by atoms with Crippen LogP contribution >= 0.6 is 0 Å². The summed E-state index contributed by atoms with van der Waals surface area (Å²) in [7, 11) is 2.57. The third-order valence-corrected chi connectivity index (χ3v) is 4.85. The van der Waals surface area contributed by atoms with Crippen LogP contribution in [0.5, 0.6) is 17.2 Å². The molecule has 1 aliphatic rings. The number of esters is 2. The molecule has 10 nitrogen and oxygen atoms in total. The highest BCUT2D eigenvalue weighted by Gasteiger charge is 2.33. The van der Waals surface area contributed by atoms with Crippen LogP contribution in [0.15, 0.2) is 30.3 Å². The van der Waals surface area contributed by atoms with Gasteiger partial charge < -0.3 is 39.0 Å². The number of cyclic esters (lactones) is 1. The zero-order valence-electron chi connectivity index (χ0n) is 18.0. The van der Waals surface area contributed by atoms with Gasteiger partial charge in [0.05, 0.1) is 25.2 Å². The van der Waals surface area contributed by atoms with Crippen molar-refractivity contribution in [2.24, 2.45) is 5.41 Å². The molecule has 10 heteroatoms. The van der Waals surface area contributed by atoms with Gasteiger partial charge in [-0.15, -0.1) is 0 Å². The van der Waals surface area contributed by atoms with Gasteiger partial charge in [-0.3, -0.25) is 4.79 Å². The van der Waals surface area contributed by atoms with Crippen molar-refractivity contribution in [3.8, 4) is 28.4 Å². The number of benzene rings is 2. The summed E-state index contributed by atoms with van der Waals surface area (Å²) in [5.41, 5.74) is 1.02. The van der Waals surface area contributed by atoms with E-state index in [1.165, 1.54) is 20.3 Å². The van der Waals surface area contributed by atoms with Gasteiger partial charge in [0.2, 0.25) is 5.75 Å². The number of fused-ring (bicyclic) bond motifs is 1. The van der Waals surface area contributed by atoms with Crippen molar-refractivity contribution in [1.29, 1.82) is 0 Å². The highest BCUT2D eigenvalue weighted by atomic mass is 16.9. The fourth-order valence-electron chi connectivity index (χ4n) is 3.20. The predicted molar refractivity (Wildman–Crippen MR) is 109 cm³/mol. The molecule has 0 saturated heterocycles. The molecule has 32 heavy (non-hydrogen) atoms. The van der Waals surface area contributed by atoms with E-state index < -0.39 is 23.5 Å². The van der Waals surface area contributed by atoms with E-state index in [9.17, 15) is 24.9 Å². The molecule has 172 valence electrons. The first-order valence-electron chi connectivity index (χ1n) is 9.55. The smallest absolute Gasteiger partial charge is 0.453 e. The van der Waals surface area contributed by atoms with Gasteiger partial charge in [-0.05, 0) is 43.7 Å². The maximum atomic E-state index is 12.1. The Hall–Kier alpha value is -3.34. The Balaban J connectivity index is 2.13. The number of hydrogen-bond acceptors (Lipinski definition) is 10. The normalized spacial score (nSPS) is 13.3. The zero-order valence-corrected chi connectivity index (χ0v) is 18.0. The Morgan fingerprint density at radius 2 is 1.75 bits per heavy atom. The van der Waals surface area contributed by atoms with Crippen molar-refractivity contribution in [2.45, 2.75) is 26.6 Å². The van der Waals surface area contributed by atoms with Gasteiger partial charge in [0.15, 0.2) is 11.5 Å². The maximum absolute atomic E-state index is 12.1. The molecule has 1 heterocycles. The first-order chi connectivity index (χ1) is 15.0. The summed E-state index contributed by atoms with van der Waals surface area (Å²) in [5, 5.41) is 28.3. The number of hydrogen-bond donors (Lipinski definition) is 3. The molecule has 1 aliphatic heterocycles. The van der Waals surface area contributed by atoms with Crippen LogP contribution in [0.25, 0.3) is 11.1 Å². The van der Waals surface area contributed by atoms with Crippen molar-refractivity contribution in [3.05, 3.63) is 41.5 Å². The first kappa shape index (κ1) is 23.3. The third kappa shape index (κ3) is 4.77. The number of aliphatic hydroxyl groups is 3. The van der Waals surface area contributed by atoms with Crippen molar-refractivity contribution in [2.75, 3.05) is 20.8 Å². The first-order valence-corrected chi connectivity index (χ1v) is 9.55. The van der Waals surface area contributed by atoms with E-state index >= 15 is 0 Å². The Kier molecular flexibility index (Phi) is 6.31. The van der Waals surface area contributed by atoms with Gasteiger partial charge in [0, 0.05) is 11.1 Å². The van der Waals surface area contributed by atoms with Crippen LogP contribution in [0, 0.1) is 5.41 Å². The molecular formula is C22H24O10. The second kappa shape index (κ2) is 8.65. The van der Waals surface area contributed by atoms with E-state index in [1.54, 1.807) is 38.1 Å². The van der Waals surface area contributed by atoms with Gasteiger partial charge in [0.1, 0.15) is 13.2 Å². The van der Waals surface area contributed by atoms with E-state index in [-0.39, 0.29) is 30.5 Å². The number of methoxy groups -OCH3 is 2. The molecule has 0 aliphatic carbocycles. The SMILES string of the molecule is COC(=O)C(C)(C)COc1c(-c2ccc3c(c2)COC3=O)ccc(OC)c1OC(O)(O)O. The van der Waals surface area contributed by atoms with Crippen LogP contribution in [0.3, 0.4) is 0 Å². The molecule has 2 aromatic carbocycles. The molecule has 0 amide bonds. The highest BCUT2D eigenvalue weighted by Crippen LogP contribution is 2.46. The van der Waals surface area contributed by atoms with Crippen molar-refractivity contribution in [1.82, 2.24) is 0 Å². The fraction of sp³-hybridized carbons (Fsp3) is 0.364. The van der Waals surface area contributed by atoms with Gasteiger partial charge in [-0.2, -0.15) is 0 Å². The van der Waals surface area contributed by atoms with E-state index in [1.807, 2.05) is 0 Å². The van der Waals surface area contributed by atoms with Gasteiger partial charge >= 0.3 is 18.1 Å². The van der Waals surface area contributed by atoms with E-state index in [0.29, 0.717) is 22.3 Å². The van der Waals surface area contributed by atoms with Crippen LogP contribution < -0.4 is 14.2 Å². The van der Waals surface area contributed by atoms with Gasteiger partial charge in [-0.1, -0.05) is 6.07 Å². The van der Waals surface area contributed by atoms with Crippen LogP contribution in [0.2, 0.25) is 0 Å². The molecule has 0 saturated carbocycles. The summed E-state index contributed by atoms with van der Waals surface area (Å²) < 4.78 is 25.8. The molecule has 3 rings (SSSR count). The molecule has 0 atom stereocenters. The average Bonchev–Trinajstić information content (AvgIpc) is 3.10. The largest absolute Gasteiger partial charge is 0.493 e. The minimum Gasteiger partial charge on any atom is -0.493 e. The summed E-state index contributed by atoms with van der Waals surface area (Å²) in [6, 6.07) is 8.07. The predicted octanol–water partition coefficient (Wildman–Crippen LogP) is 1.58. The summed E-state index contributed by atoms with van der Waals surface area (Å²) in [6.07, 6.45) is -3.53. The van der Waals surface area contributed by atoms with Gasteiger partial charge in [-0.25, -0.2) is 4.79 Å². The number of carbonyl (C=O) groups excluding carboxylic acids is 2. The second-order valence-electron chi connectivity index (χ2n) is 7.76. The number of carbonyl (C=O) groups is 2. The Bertz CT molecular complexity index is 1040. The zero-order chi connectivity index (χ0) is 23.7. The van der Waals surface area contributed by atoms with Gasteiger partial charge in [0.25, 0.3) is 0 Å². The minimum atomic E-state index is -3.53. The van der Waals surface area contributed by atoms with Crippen LogP contribution in [0.4, 0.5) is 0 Å². The van der Waals surface area contributed by atoms with Crippen molar-refractivity contribution >= 4 is 11.9 Å². The van der Waals surface area contributed by atoms with Crippen molar-refractivity contribution < 1.29 is 48.6 Å². The lowest BCUT2D eigenvalue weighted by Crippen LogP contribution is -2.35. The summed E-state index contributed by atoms with van der Waals surface area (Å²) >= 11 is 0. The monoisotopic (exact) mass is 448 g/mol. The second-order valence-corrected chi connectivity index (χ2v) is 7.76. The molecule has 2 aromatic rings. The van der Waals surface area contributed by atoms with Crippen LogP contribution in [-0.2, 0) is 20.9 Å². The molecule has 0 radical (unpaired) electrons. The van der Waals surface area contributed by atoms with E-state index in [0.717, 1.165) is 0 Å².